The third-order valence-corrected chi connectivity index (χ3v) is 2.37. The number of nitrogens with zero attached hydrogens (tertiary/aromatic N) is 3. The molecule has 0 bridgehead atoms. The topological polar surface area (TPSA) is 42.7 Å². The van der Waals surface area contributed by atoms with Crippen LogP contribution in [0.4, 0.5) is 0 Å². The second-order valence-electron chi connectivity index (χ2n) is 3.30. The maximum Gasteiger partial charge on any atom is 0.149 e. The van der Waals surface area contributed by atoms with Gasteiger partial charge in [-0.15, -0.1) is 22.6 Å². The molecule has 1 fully saturated rings. The lowest BCUT2D eigenvalue weighted by molar-refractivity contribution is 0.389. The average molecular weight is 203 g/mol. The normalized spacial score (nSPS) is 22.4. The SMILES string of the molecule is Cl.Cn1cnnc1C1CCCCN1. The molecule has 0 amide bonds. The van der Waals surface area contributed by atoms with Crippen molar-refractivity contribution in [3.05, 3.63) is 12.2 Å². The van der Waals surface area contributed by atoms with Crippen molar-refractivity contribution < 1.29 is 0 Å². The Morgan fingerprint density at radius 3 is 2.92 bits per heavy atom. The highest BCUT2D eigenvalue weighted by molar-refractivity contribution is 5.85. The second-order valence-corrected chi connectivity index (χ2v) is 3.30. The predicted molar refractivity (Wildman–Crippen MR) is 52.8 cm³/mol. The molecule has 13 heavy (non-hydrogen) atoms. The van der Waals surface area contributed by atoms with Crippen LogP contribution < -0.4 is 5.32 Å². The van der Waals surface area contributed by atoms with Crippen LogP contribution in [0.1, 0.15) is 31.1 Å². The first-order valence-electron chi connectivity index (χ1n) is 4.45. The Hall–Kier alpha value is -0.610. The number of piperidine rings is 1. The minimum Gasteiger partial charge on any atom is -0.319 e. The number of rotatable bonds is 1. The molecule has 0 aliphatic carbocycles. The third kappa shape index (κ3) is 2.19. The summed E-state index contributed by atoms with van der Waals surface area (Å²) in [7, 11) is 1.99. The van der Waals surface area contributed by atoms with Gasteiger partial charge in [0.25, 0.3) is 0 Å². The highest BCUT2D eigenvalue weighted by Gasteiger charge is 2.18. The summed E-state index contributed by atoms with van der Waals surface area (Å²) >= 11 is 0. The highest BCUT2D eigenvalue weighted by atomic mass is 35.5. The molecule has 0 saturated carbocycles. The maximum atomic E-state index is 4.09. The van der Waals surface area contributed by atoms with Gasteiger partial charge in [0, 0.05) is 7.05 Å². The summed E-state index contributed by atoms with van der Waals surface area (Å²) in [4.78, 5) is 0. The summed E-state index contributed by atoms with van der Waals surface area (Å²) in [6, 6.07) is 0.422. The smallest absolute Gasteiger partial charge is 0.149 e. The largest absolute Gasteiger partial charge is 0.319 e. The maximum absolute atomic E-state index is 4.09. The van der Waals surface area contributed by atoms with Crippen molar-refractivity contribution in [1.82, 2.24) is 20.1 Å². The van der Waals surface area contributed by atoms with E-state index in [0.717, 1.165) is 12.4 Å². The molecule has 1 unspecified atom stereocenters. The monoisotopic (exact) mass is 202 g/mol. The van der Waals surface area contributed by atoms with Gasteiger partial charge in [-0.25, -0.2) is 0 Å². The van der Waals surface area contributed by atoms with Gasteiger partial charge in [-0.3, -0.25) is 0 Å². The van der Waals surface area contributed by atoms with Crippen molar-refractivity contribution in [2.45, 2.75) is 25.3 Å². The van der Waals surface area contributed by atoms with Crippen LogP contribution in [0, 0.1) is 0 Å². The Kier molecular flexibility index (Phi) is 3.69. The Morgan fingerprint density at radius 2 is 2.38 bits per heavy atom. The first kappa shape index (κ1) is 10.5. The molecular formula is C8H15ClN4. The zero-order valence-corrected chi connectivity index (χ0v) is 8.55. The lowest BCUT2D eigenvalue weighted by Gasteiger charge is -2.22. The lowest BCUT2D eigenvalue weighted by Crippen LogP contribution is -2.28. The van der Waals surface area contributed by atoms with Gasteiger partial charge in [-0.1, -0.05) is 6.42 Å². The van der Waals surface area contributed by atoms with Crippen LogP contribution in [-0.2, 0) is 7.05 Å². The molecule has 1 N–H and O–H groups in total. The summed E-state index contributed by atoms with van der Waals surface area (Å²) in [6.07, 6.45) is 5.52. The van der Waals surface area contributed by atoms with Gasteiger partial charge >= 0.3 is 0 Å². The fraction of sp³-hybridized carbons (Fsp3) is 0.750. The van der Waals surface area contributed by atoms with E-state index < -0.39 is 0 Å². The number of aryl methyl sites for hydroxylation is 1. The van der Waals surface area contributed by atoms with E-state index in [9.17, 15) is 0 Å². The Balaban J connectivity index is 0.000000845. The molecule has 0 aromatic carbocycles. The molecule has 1 aromatic rings. The molecule has 0 radical (unpaired) electrons. The van der Waals surface area contributed by atoms with Crippen molar-refractivity contribution in [3.63, 3.8) is 0 Å². The van der Waals surface area contributed by atoms with E-state index in [1.807, 2.05) is 11.6 Å². The van der Waals surface area contributed by atoms with Crippen molar-refractivity contribution in [2.75, 3.05) is 6.54 Å². The van der Waals surface area contributed by atoms with Gasteiger partial charge in [-0.05, 0) is 19.4 Å². The number of halogens is 1. The highest BCUT2D eigenvalue weighted by Crippen LogP contribution is 2.19. The van der Waals surface area contributed by atoms with Gasteiger partial charge in [0.2, 0.25) is 0 Å². The summed E-state index contributed by atoms with van der Waals surface area (Å²) in [5, 5.41) is 11.4. The number of hydrogen-bond donors (Lipinski definition) is 1. The fourth-order valence-corrected chi connectivity index (χ4v) is 1.68. The number of hydrogen-bond acceptors (Lipinski definition) is 3. The minimum absolute atomic E-state index is 0. The van der Waals surface area contributed by atoms with Crippen LogP contribution in [0.15, 0.2) is 6.33 Å². The average Bonchev–Trinajstić information content (AvgIpc) is 2.53. The van der Waals surface area contributed by atoms with Crippen LogP contribution >= 0.6 is 12.4 Å². The predicted octanol–water partition coefficient (Wildman–Crippen LogP) is 1.05. The van der Waals surface area contributed by atoms with Gasteiger partial charge in [0.05, 0.1) is 6.04 Å². The molecule has 0 spiro atoms. The first-order valence-corrected chi connectivity index (χ1v) is 4.45. The van der Waals surface area contributed by atoms with E-state index in [-0.39, 0.29) is 12.4 Å². The Morgan fingerprint density at radius 1 is 1.54 bits per heavy atom. The number of nitrogens with one attached hydrogen (secondary N) is 1. The third-order valence-electron chi connectivity index (χ3n) is 2.37. The lowest BCUT2D eigenvalue weighted by atomic mass is 10.0. The Labute approximate surface area is 84.1 Å². The van der Waals surface area contributed by atoms with Crippen LogP contribution in [0.2, 0.25) is 0 Å². The quantitative estimate of drug-likeness (QED) is 0.741. The zero-order chi connectivity index (χ0) is 8.39. The van der Waals surface area contributed by atoms with Crippen LogP contribution in [0.5, 0.6) is 0 Å². The molecule has 2 rings (SSSR count). The Bertz CT molecular complexity index is 254. The molecule has 1 aromatic heterocycles. The molecule has 1 atom stereocenters. The molecule has 4 nitrogen and oxygen atoms in total. The summed E-state index contributed by atoms with van der Waals surface area (Å²) in [5.74, 6) is 1.06. The van der Waals surface area contributed by atoms with E-state index in [0.29, 0.717) is 6.04 Å². The first-order chi connectivity index (χ1) is 5.88. The van der Waals surface area contributed by atoms with E-state index in [4.69, 9.17) is 0 Å². The van der Waals surface area contributed by atoms with Crippen molar-refractivity contribution in [2.24, 2.45) is 7.05 Å². The molecule has 1 aliphatic rings. The van der Waals surface area contributed by atoms with Gasteiger partial charge in [-0.2, -0.15) is 0 Å². The van der Waals surface area contributed by atoms with Crippen LogP contribution in [-0.4, -0.2) is 21.3 Å². The van der Waals surface area contributed by atoms with Gasteiger partial charge < -0.3 is 9.88 Å². The van der Waals surface area contributed by atoms with Crippen LogP contribution in [0.3, 0.4) is 0 Å². The minimum atomic E-state index is 0. The van der Waals surface area contributed by atoms with Gasteiger partial charge in [0.1, 0.15) is 12.2 Å². The second kappa shape index (κ2) is 4.58. The molecule has 74 valence electrons. The van der Waals surface area contributed by atoms with E-state index in [1.54, 1.807) is 6.33 Å². The summed E-state index contributed by atoms with van der Waals surface area (Å²) in [6.45, 7) is 1.11. The van der Waals surface area contributed by atoms with E-state index in [2.05, 4.69) is 15.5 Å². The molecule has 1 saturated heterocycles. The standard InChI is InChI=1S/C8H14N4.ClH/c1-12-6-10-11-8(12)7-4-2-3-5-9-7;/h6-7,9H,2-5H2,1H3;1H. The zero-order valence-electron chi connectivity index (χ0n) is 7.73. The molecule has 2 heterocycles. The summed E-state index contributed by atoms with van der Waals surface area (Å²) < 4.78 is 1.99. The van der Waals surface area contributed by atoms with Gasteiger partial charge in [0.15, 0.2) is 0 Å². The van der Waals surface area contributed by atoms with Crippen molar-refractivity contribution in [1.29, 1.82) is 0 Å². The van der Waals surface area contributed by atoms with Crippen molar-refractivity contribution >= 4 is 12.4 Å². The fourth-order valence-electron chi connectivity index (χ4n) is 1.68. The molecule has 5 heteroatoms. The van der Waals surface area contributed by atoms with Crippen molar-refractivity contribution in [3.8, 4) is 0 Å². The number of aromatic nitrogens is 3. The summed E-state index contributed by atoms with van der Waals surface area (Å²) in [5.41, 5.74) is 0. The van der Waals surface area contributed by atoms with E-state index >= 15 is 0 Å². The molecule has 1 aliphatic heterocycles. The van der Waals surface area contributed by atoms with Crippen LogP contribution in [0.25, 0.3) is 0 Å². The van der Waals surface area contributed by atoms with E-state index in [1.165, 1.54) is 19.3 Å². The molecular weight excluding hydrogens is 188 g/mol.